The first-order chi connectivity index (χ1) is 16.1. The van der Waals surface area contributed by atoms with Crippen molar-refractivity contribution in [2.24, 2.45) is 0 Å². The summed E-state index contributed by atoms with van der Waals surface area (Å²) in [4.78, 5) is 17.5. The maximum absolute atomic E-state index is 12.9. The third kappa shape index (κ3) is 4.98. The minimum atomic E-state index is -0.245. The zero-order valence-corrected chi connectivity index (χ0v) is 19.2. The van der Waals surface area contributed by atoms with Crippen molar-refractivity contribution in [3.8, 4) is 17.2 Å². The van der Waals surface area contributed by atoms with E-state index < -0.39 is 0 Å². The van der Waals surface area contributed by atoms with Crippen LogP contribution in [0.1, 0.15) is 42.7 Å². The third-order valence-electron chi connectivity index (χ3n) is 5.23. The fourth-order valence-electron chi connectivity index (χ4n) is 3.53. The molecule has 7 heteroatoms. The number of aryl methyl sites for hydroxylation is 1. The van der Waals surface area contributed by atoms with Gasteiger partial charge in [0.05, 0.1) is 36.5 Å². The Labute approximate surface area is 193 Å². The standard InChI is InChI=1S/C26H28N4O3/c1-4-6-14-33-23-13-12-19(15-24(23)32-5-2)26(31)28-20-16-22-18(3)29-30(25(22)27-17-20)21-10-8-7-9-11-21/h7-13,15-17H,4-6,14H2,1-3H3,(H,28,31). The molecule has 0 radical (unpaired) electrons. The van der Waals surface area contributed by atoms with E-state index in [1.165, 1.54) is 0 Å². The van der Waals surface area contributed by atoms with Crippen LogP contribution in [0.2, 0.25) is 0 Å². The van der Waals surface area contributed by atoms with Crippen molar-refractivity contribution in [2.45, 2.75) is 33.6 Å². The molecule has 0 unspecified atom stereocenters. The van der Waals surface area contributed by atoms with Gasteiger partial charge in [0.15, 0.2) is 17.1 Å². The zero-order valence-electron chi connectivity index (χ0n) is 19.2. The van der Waals surface area contributed by atoms with Crippen molar-refractivity contribution < 1.29 is 14.3 Å². The number of nitrogens with zero attached hydrogens (tertiary/aromatic N) is 3. The SMILES string of the molecule is CCCCOc1ccc(C(=O)Nc2cnc3c(c2)c(C)nn3-c2ccccc2)cc1OCC. The summed E-state index contributed by atoms with van der Waals surface area (Å²) >= 11 is 0. The summed E-state index contributed by atoms with van der Waals surface area (Å²) in [6.07, 6.45) is 3.66. The van der Waals surface area contributed by atoms with Gasteiger partial charge in [-0.05, 0) is 56.7 Å². The van der Waals surface area contributed by atoms with E-state index in [2.05, 4.69) is 22.3 Å². The van der Waals surface area contributed by atoms with Crippen LogP contribution in [0.5, 0.6) is 11.5 Å². The molecule has 0 fully saturated rings. The Kier molecular flexibility index (Phi) is 6.88. The number of fused-ring (bicyclic) bond motifs is 1. The number of hydrogen-bond acceptors (Lipinski definition) is 5. The van der Waals surface area contributed by atoms with Gasteiger partial charge in [0.1, 0.15) is 0 Å². The molecule has 0 saturated heterocycles. The molecule has 4 aromatic rings. The molecule has 1 amide bonds. The fourth-order valence-corrected chi connectivity index (χ4v) is 3.53. The molecule has 1 N–H and O–H groups in total. The first-order valence-electron chi connectivity index (χ1n) is 11.2. The van der Waals surface area contributed by atoms with Crippen LogP contribution in [0.4, 0.5) is 5.69 Å². The molecule has 0 aliphatic carbocycles. The lowest BCUT2D eigenvalue weighted by Crippen LogP contribution is -2.13. The summed E-state index contributed by atoms with van der Waals surface area (Å²) in [5.74, 6) is 0.967. The average Bonchev–Trinajstić information content (AvgIpc) is 3.16. The summed E-state index contributed by atoms with van der Waals surface area (Å²) < 4.78 is 13.3. The monoisotopic (exact) mass is 444 g/mol. The maximum atomic E-state index is 12.9. The lowest BCUT2D eigenvalue weighted by atomic mass is 10.1. The molecule has 0 atom stereocenters. The number of hydrogen-bond donors (Lipinski definition) is 1. The van der Waals surface area contributed by atoms with Crippen LogP contribution in [0.3, 0.4) is 0 Å². The highest BCUT2D eigenvalue weighted by atomic mass is 16.5. The van der Waals surface area contributed by atoms with Crippen molar-refractivity contribution in [3.05, 3.63) is 72.1 Å². The highest BCUT2D eigenvalue weighted by Gasteiger charge is 2.15. The van der Waals surface area contributed by atoms with E-state index in [1.807, 2.05) is 54.9 Å². The van der Waals surface area contributed by atoms with Gasteiger partial charge in [0, 0.05) is 10.9 Å². The molecular weight excluding hydrogens is 416 g/mol. The molecule has 33 heavy (non-hydrogen) atoms. The molecule has 0 saturated carbocycles. The molecule has 4 rings (SSSR count). The molecule has 170 valence electrons. The molecule has 2 aromatic carbocycles. The number of para-hydroxylation sites is 1. The molecular formula is C26H28N4O3. The number of nitrogens with one attached hydrogen (secondary N) is 1. The maximum Gasteiger partial charge on any atom is 0.255 e. The number of pyridine rings is 1. The van der Waals surface area contributed by atoms with Crippen LogP contribution in [0, 0.1) is 6.92 Å². The lowest BCUT2D eigenvalue weighted by molar-refractivity contribution is 0.102. The Hall–Kier alpha value is -3.87. The van der Waals surface area contributed by atoms with E-state index in [9.17, 15) is 4.79 Å². The quantitative estimate of drug-likeness (QED) is 0.342. The van der Waals surface area contributed by atoms with Crippen LogP contribution < -0.4 is 14.8 Å². The summed E-state index contributed by atoms with van der Waals surface area (Å²) in [6, 6.07) is 17.0. The third-order valence-corrected chi connectivity index (χ3v) is 5.23. The van der Waals surface area contributed by atoms with Gasteiger partial charge in [0.25, 0.3) is 5.91 Å². The second-order valence-corrected chi connectivity index (χ2v) is 7.68. The van der Waals surface area contributed by atoms with Gasteiger partial charge in [-0.1, -0.05) is 31.5 Å². The summed E-state index contributed by atoms with van der Waals surface area (Å²) in [5.41, 5.74) is 3.60. The average molecular weight is 445 g/mol. The van der Waals surface area contributed by atoms with Gasteiger partial charge < -0.3 is 14.8 Å². The van der Waals surface area contributed by atoms with Crippen molar-refractivity contribution in [2.75, 3.05) is 18.5 Å². The molecule has 0 bridgehead atoms. The second kappa shape index (κ2) is 10.2. The van der Waals surface area contributed by atoms with Crippen molar-refractivity contribution in [1.82, 2.24) is 14.8 Å². The van der Waals surface area contributed by atoms with Crippen molar-refractivity contribution >= 4 is 22.6 Å². The van der Waals surface area contributed by atoms with Crippen LogP contribution in [-0.4, -0.2) is 33.9 Å². The lowest BCUT2D eigenvalue weighted by Gasteiger charge is -2.13. The Morgan fingerprint density at radius 2 is 1.85 bits per heavy atom. The van der Waals surface area contributed by atoms with Gasteiger partial charge in [-0.25, -0.2) is 9.67 Å². The van der Waals surface area contributed by atoms with Crippen molar-refractivity contribution in [1.29, 1.82) is 0 Å². The Morgan fingerprint density at radius 3 is 2.61 bits per heavy atom. The number of aromatic nitrogens is 3. The van der Waals surface area contributed by atoms with Gasteiger partial charge in [-0.2, -0.15) is 5.10 Å². The highest BCUT2D eigenvalue weighted by molar-refractivity contribution is 6.05. The van der Waals surface area contributed by atoms with Gasteiger partial charge in [0.2, 0.25) is 0 Å². The van der Waals surface area contributed by atoms with Crippen LogP contribution in [0.15, 0.2) is 60.8 Å². The van der Waals surface area contributed by atoms with Gasteiger partial charge in [-0.15, -0.1) is 0 Å². The second-order valence-electron chi connectivity index (χ2n) is 7.68. The predicted molar refractivity (Wildman–Crippen MR) is 130 cm³/mol. The Morgan fingerprint density at radius 1 is 1.03 bits per heavy atom. The van der Waals surface area contributed by atoms with Crippen LogP contribution in [-0.2, 0) is 0 Å². The number of carbonyl (C=O) groups is 1. The summed E-state index contributed by atoms with van der Waals surface area (Å²) in [7, 11) is 0. The minimum Gasteiger partial charge on any atom is -0.490 e. The molecule has 2 aromatic heterocycles. The number of rotatable bonds is 9. The van der Waals surface area contributed by atoms with Gasteiger partial charge >= 0.3 is 0 Å². The minimum absolute atomic E-state index is 0.245. The van der Waals surface area contributed by atoms with Crippen LogP contribution in [0.25, 0.3) is 16.7 Å². The number of carbonyl (C=O) groups excluding carboxylic acids is 1. The van der Waals surface area contributed by atoms with E-state index >= 15 is 0 Å². The molecule has 0 aliphatic rings. The van der Waals surface area contributed by atoms with E-state index in [-0.39, 0.29) is 5.91 Å². The number of anilines is 1. The van der Waals surface area contributed by atoms with Crippen LogP contribution >= 0.6 is 0 Å². The van der Waals surface area contributed by atoms with E-state index in [0.717, 1.165) is 35.3 Å². The number of amides is 1. The molecule has 2 heterocycles. The smallest absolute Gasteiger partial charge is 0.255 e. The molecule has 0 spiro atoms. The summed E-state index contributed by atoms with van der Waals surface area (Å²) in [5, 5.41) is 8.44. The zero-order chi connectivity index (χ0) is 23.2. The largest absolute Gasteiger partial charge is 0.490 e. The highest BCUT2D eigenvalue weighted by Crippen LogP contribution is 2.29. The molecule has 7 nitrogen and oxygen atoms in total. The fraction of sp³-hybridized carbons (Fsp3) is 0.269. The van der Waals surface area contributed by atoms with Gasteiger partial charge in [-0.3, -0.25) is 4.79 Å². The van der Waals surface area contributed by atoms with Crippen molar-refractivity contribution in [3.63, 3.8) is 0 Å². The van der Waals surface area contributed by atoms with E-state index in [4.69, 9.17) is 9.47 Å². The normalized spacial score (nSPS) is 10.9. The first-order valence-corrected chi connectivity index (χ1v) is 11.2. The van der Waals surface area contributed by atoms with E-state index in [1.54, 1.807) is 24.4 Å². The van der Waals surface area contributed by atoms with E-state index in [0.29, 0.717) is 36.0 Å². The topological polar surface area (TPSA) is 78.3 Å². The Balaban J connectivity index is 1.56. The molecule has 0 aliphatic heterocycles. The predicted octanol–water partition coefficient (Wildman–Crippen LogP) is 5.56. The first kappa shape index (κ1) is 22.3. The number of ether oxygens (including phenoxy) is 2. The number of benzene rings is 2. The summed E-state index contributed by atoms with van der Waals surface area (Å²) in [6.45, 7) is 7.05. The number of unbranched alkanes of at least 4 members (excludes halogenated alkanes) is 1. The Bertz CT molecular complexity index is 1250.